The zero-order valence-corrected chi connectivity index (χ0v) is 7.21. The Morgan fingerprint density at radius 3 is 3.00 bits per heavy atom. The number of halogens is 1. The van der Waals surface area contributed by atoms with Crippen molar-refractivity contribution in [2.75, 3.05) is 6.61 Å². The minimum absolute atomic E-state index is 0.118. The van der Waals surface area contributed by atoms with Crippen LogP contribution < -0.4 is 0 Å². The van der Waals surface area contributed by atoms with E-state index < -0.39 is 0 Å². The Labute approximate surface area is 76.3 Å². The van der Waals surface area contributed by atoms with E-state index in [-0.39, 0.29) is 6.61 Å². The van der Waals surface area contributed by atoms with Crippen LogP contribution in [0.15, 0.2) is 24.3 Å². The van der Waals surface area contributed by atoms with Gasteiger partial charge >= 0.3 is 0 Å². The zero-order chi connectivity index (χ0) is 8.81. The van der Waals surface area contributed by atoms with Crippen LogP contribution in [0.4, 0.5) is 0 Å². The van der Waals surface area contributed by atoms with Gasteiger partial charge in [0, 0.05) is 5.02 Å². The summed E-state index contributed by atoms with van der Waals surface area (Å²) >= 11 is 5.74. The molecule has 0 fully saturated rings. The van der Waals surface area contributed by atoms with Gasteiger partial charge in [-0.2, -0.15) is 5.26 Å². The van der Waals surface area contributed by atoms with E-state index >= 15 is 0 Å². The highest BCUT2D eigenvalue weighted by atomic mass is 35.5. The predicted octanol–water partition coefficient (Wildman–Crippen LogP) is 2.38. The SMILES string of the molecule is N#CCOCc1cccc(Cl)c1. The molecule has 2 nitrogen and oxygen atoms in total. The maximum absolute atomic E-state index is 8.20. The summed E-state index contributed by atoms with van der Waals surface area (Å²) in [4.78, 5) is 0. The first-order valence-corrected chi connectivity index (χ1v) is 3.90. The summed E-state index contributed by atoms with van der Waals surface area (Å²) in [5, 5.41) is 8.89. The molecule has 1 rings (SSSR count). The largest absolute Gasteiger partial charge is 0.362 e. The average molecular weight is 182 g/mol. The highest BCUT2D eigenvalue weighted by Crippen LogP contribution is 2.10. The van der Waals surface area contributed by atoms with Crippen molar-refractivity contribution in [2.24, 2.45) is 0 Å². The molecule has 0 aliphatic rings. The van der Waals surface area contributed by atoms with Gasteiger partial charge in [0.15, 0.2) is 0 Å². The molecule has 0 heterocycles. The van der Waals surface area contributed by atoms with E-state index in [0.717, 1.165) is 5.56 Å². The van der Waals surface area contributed by atoms with Crippen molar-refractivity contribution in [2.45, 2.75) is 6.61 Å². The van der Waals surface area contributed by atoms with Crippen LogP contribution in [-0.4, -0.2) is 6.61 Å². The minimum atomic E-state index is 0.118. The third-order valence-electron chi connectivity index (χ3n) is 1.32. The number of benzene rings is 1. The van der Waals surface area contributed by atoms with Gasteiger partial charge in [0.05, 0.1) is 12.7 Å². The minimum Gasteiger partial charge on any atom is -0.362 e. The van der Waals surface area contributed by atoms with E-state index in [1.807, 2.05) is 24.3 Å². The van der Waals surface area contributed by atoms with E-state index in [4.69, 9.17) is 21.6 Å². The standard InChI is InChI=1S/C9H8ClNO/c10-9-3-1-2-8(6-9)7-12-5-4-11/h1-3,6H,5,7H2. The molecule has 0 unspecified atom stereocenters. The summed E-state index contributed by atoms with van der Waals surface area (Å²) in [5.41, 5.74) is 0.984. The maximum atomic E-state index is 8.20. The van der Waals surface area contributed by atoms with Gasteiger partial charge in [-0.05, 0) is 17.7 Å². The molecule has 0 aromatic heterocycles. The fraction of sp³-hybridized carbons (Fsp3) is 0.222. The van der Waals surface area contributed by atoms with Crippen molar-refractivity contribution < 1.29 is 4.74 Å². The van der Waals surface area contributed by atoms with Crippen molar-refractivity contribution in [1.82, 2.24) is 0 Å². The normalized spacial score (nSPS) is 9.33. The van der Waals surface area contributed by atoms with Gasteiger partial charge in [0.25, 0.3) is 0 Å². The van der Waals surface area contributed by atoms with Crippen LogP contribution in [0.1, 0.15) is 5.56 Å². The predicted molar refractivity (Wildman–Crippen MR) is 46.7 cm³/mol. The summed E-state index contributed by atoms with van der Waals surface area (Å²) in [5.74, 6) is 0. The van der Waals surface area contributed by atoms with Crippen LogP contribution in [0.5, 0.6) is 0 Å². The van der Waals surface area contributed by atoms with Gasteiger partial charge in [0.2, 0.25) is 0 Å². The van der Waals surface area contributed by atoms with Gasteiger partial charge in [-0.1, -0.05) is 23.7 Å². The fourth-order valence-electron chi connectivity index (χ4n) is 0.841. The molecule has 0 amide bonds. The molecular formula is C9H8ClNO. The fourth-order valence-corrected chi connectivity index (χ4v) is 1.05. The molecular weight excluding hydrogens is 174 g/mol. The second-order valence-electron chi connectivity index (χ2n) is 2.28. The zero-order valence-electron chi connectivity index (χ0n) is 6.46. The molecule has 0 N–H and O–H groups in total. The summed E-state index contributed by atoms with van der Waals surface area (Å²) in [6.45, 7) is 0.556. The van der Waals surface area contributed by atoms with Crippen molar-refractivity contribution in [3.63, 3.8) is 0 Å². The van der Waals surface area contributed by atoms with Crippen LogP contribution >= 0.6 is 11.6 Å². The molecule has 0 aliphatic heterocycles. The third-order valence-corrected chi connectivity index (χ3v) is 1.56. The number of ether oxygens (including phenoxy) is 1. The first kappa shape index (κ1) is 9.05. The lowest BCUT2D eigenvalue weighted by molar-refractivity contribution is 0.152. The molecule has 0 saturated carbocycles. The van der Waals surface area contributed by atoms with Crippen LogP contribution in [0.3, 0.4) is 0 Å². The van der Waals surface area contributed by atoms with E-state index in [1.165, 1.54) is 0 Å². The topological polar surface area (TPSA) is 33.0 Å². The number of rotatable bonds is 3. The van der Waals surface area contributed by atoms with Gasteiger partial charge in [-0.15, -0.1) is 0 Å². The third kappa shape index (κ3) is 2.91. The van der Waals surface area contributed by atoms with Crippen LogP contribution in [-0.2, 0) is 11.3 Å². The lowest BCUT2D eigenvalue weighted by atomic mass is 10.2. The Morgan fingerprint density at radius 1 is 1.50 bits per heavy atom. The first-order valence-electron chi connectivity index (χ1n) is 3.52. The van der Waals surface area contributed by atoms with Gasteiger partial charge in [-0.25, -0.2) is 0 Å². The van der Waals surface area contributed by atoms with Gasteiger partial charge in [-0.3, -0.25) is 0 Å². The number of hydrogen-bond acceptors (Lipinski definition) is 2. The second kappa shape index (κ2) is 4.76. The number of hydrogen-bond donors (Lipinski definition) is 0. The summed E-state index contributed by atoms with van der Waals surface area (Å²) in [6, 6.07) is 9.28. The smallest absolute Gasteiger partial charge is 0.134 e. The second-order valence-corrected chi connectivity index (χ2v) is 2.72. The van der Waals surface area contributed by atoms with Gasteiger partial charge in [0.1, 0.15) is 6.61 Å². The summed E-state index contributed by atoms with van der Waals surface area (Å²) in [7, 11) is 0. The lowest BCUT2D eigenvalue weighted by Gasteiger charge is -1.99. The molecule has 62 valence electrons. The Hall–Kier alpha value is -1.04. The summed E-state index contributed by atoms with van der Waals surface area (Å²) < 4.78 is 5.00. The molecule has 0 atom stereocenters. The quantitative estimate of drug-likeness (QED) is 0.671. The monoisotopic (exact) mass is 181 g/mol. The van der Waals surface area contributed by atoms with Crippen LogP contribution in [0, 0.1) is 11.3 Å². The van der Waals surface area contributed by atoms with Crippen molar-refractivity contribution >= 4 is 11.6 Å². The van der Waals surface area contributed by atoms with E-state index in [1.54, 1.807) is 6.07 Å². The molecule has 12 heavy (non-hydrogen) atoms. The average Bonchev–Trinajstić information content (AvgIpc) is 2.05. The van der Waals surface area contributed by atoms with Crippen LogP contribution in [0.25, 0.3) is 0 Å². The number of nitriles is 1. The highest BCUT2D eigenvalue weighted by Gasteiger charge is 1.93. The molecule has 0 saturated heterocycles. The summed E-state index contributed by atoms with van der Waals surface area (Å²) in [6.07, 6.45) is 0. The van der Waals surface area contributed by atoms with Gasteiger partial charge < -0.3 is 4.74 Å². The molecule has 3 heteroatoms. The Morgan fingerprint density at radius 2 is 2.33 bits per heavy atom. The molecule has 0 spiro atoms. The van der Waals surface area contributed by atoms with Crippen molar-refractivity contribution in [3.8, 4) is 6.07 Å². The number of nitrogens with zero attached hydrogens (tertiary/aromatic N) is 1. The molecule has 1 aromatic rings. The van der Waals surface area contributed by atoms with Crippen LogP contribution in [0.2, 0.25) is 5.02 Å². The molecule has 0 radical (unpaired) electrons. The van der Waals surface area contributed by atoms with E-state index in [0.29, 0.717) is 11.6 Å². The van der Waals surface area contributed by atoms with E-state index in [2.05, 4.69) is 0 Å². The Balaban J connectivity index is 2.48. The van der Waals surface area contributed by atoms with E-state index in [9.17, 15) is 0 Å². The molecule has 0 bridgehead atoms. The van der Waals surface area contributed by atoms with Crippen molar-refractivity contribution in [3.05, 3.63) is 34.9 Å². The Kier molecular flexibility index (Phi) is 3.59. The maximum Gasteiger partial charge on any atom is 0.134 e. The Bertz CT molecular complexity index is 293. The lowest BCUT2D eigenvalue weighted by Crippen LogP contribution is -1.92. The van der Waals surface area contributed by atoms with Crippen molar-refractivity contribution in [1.29, 1.82) is 5.26 Å². The molecule has 0 aliphatic carbocycles. The highest BCUT2D eigenvalue weighted by molar-refractivity contribution is 6.30. The molecule has 1 aromatic carbocycles. The first-order chi connectivity index (χ1) is 5.83.